The fourth-order valence-corrected chi connectivity index (χ4v) is 4.42. The summed E-state index contributed by atoms with van der Waals surface area (Å²) in [6.07, 6.45) is 3.89. The van der Waals surface area contributed by atoms with Crippen molar-refractivity contribution in [2.75, 3.05) is 7.11 Å². The van der Waals surface area contributed by atoms with Gasteiger partial charge in [0.2, 0.25) is 0 Å². The topological polar surface area (TPSA) is 34.5 Å². The highest BCUT2D eigenvalue weighted by Crippen LogP contribution is 2.26. The molecule has 1 amide bonds. The Bertz CT molecular complexity index is 1120. The lowest BCUT2D eigenvalue weighted by Crippen LogP contribution is -2.30. The van der Waals surface area contributed by atoms with Crippen LogP contribution in [0.5, 0.6) is 5.75 Å². The van der Waals surface area contributed by atoms with Crippen molar-refractivity contribution in [2.24, 2.45) is 0 Å². The van der Waals surface area contributed by atoms with Crippen molar-refractivity contribution < 1.29 is 9.53 Å². The van der Waals surface area contributed by atoms with Gasteiger partial charge in [-0.15, -0.1) is 11.3 Å². The fourth-order valence-electron chi connectivity index (χ4n) is 3.32. The highest BCUT2D eigenvalue weighted by atomic mass is 35.5. The summed E-state index contributed by atoms with van der Waals surface area (Å²) in [5.41, 5.74) is 2.55. The Labute approximate surface area is 184 Å². The number of ether oxygens (including phenoxy) is 1. The third-order valence-electron chi connectivity index (χ3n) is 4.81. The molecule has 2 aromatic heterocycles. The number of aromatic nitrogens is 1. The molecule has 0 N–H and O–H groups in total. The second-order valence-corrected chi connectivity index (χ2v) is 8.62. The minimum absolute atomic E-state index is 0.0281. The van der Waals surface area contributed by atoms with Crippen LogP contribution in [0.4, 0.5) is 0 Å². The Balaban J connectivity index is 1.67. The molecule has 2 aromatic carbocycles. The van der Waals surface area contributed by atoms with Crippen LogP contribution in [0.1, 0.15) is 20.8 Å². The molecular weight excluding hydrogens is 416 g/mol. The van der Waals surface area contributed by atoms with Crippen LogP contribution in [0.15, 0.2) is 85.2 Å². The van der Waals surface area contributed by atoms with E-state index < -0.39 is 0 Å². The Morgan fingerprint density at radius 3 is 2.37 bits per heavy atom. The molecule has 30 heavy (non-hydrogen) atoms. The molecule has 4 nitrogen and oxygen atoms in total. The lowest BCUT2D eigenvalue weighted by Gasteiger charge is -2.24. The Hall–Kier alpha value is -3.02. The second-order valence-electron chi connectivity index (χ2n) is 6.82. The summed E-state index contributed by atoms with van der Waals surface area (Å²) in [4.78, 5) is 16.6. The van der Waals surface area contributed by atoms with Crippen molar-refractivity contribution >= 4 is 28.8 Å². The number of carbonyl (C=O) groups is 1. The van der Waals surface area contributed by atoms with Crippen LogP contribution in [0.3, 0.4) is 0 Å². The van der Waals surface area contributed by atoms with Crippen molar-refractivity contribution in [1.29, 1.82) is 0 Å². The SMILES string of the molecule is COc1ccc(CN(Cc2ccc(Cl)s2)C(=O)c2ccccc2-n2cccc2)cc1. The zero-order valence-electron chi connectivity index (χ0n) is 16.5. The molecule has 0 bridgehead atoms. The van der Waals surface area contributed by atoms with Gasteiger partial charge in [-0.3, -0.25) is 4.79 Å². The maximum Gasteiger partial charge on any atom is 0.256 e. The highest BCUT2D eigenvalue weighted by molar-refractivity contribution is 7.16. The van der Waals surface area contributed by atoms with Gasteiger partial charge in [0.1, 0.15) is 5.75 Å². The van der Waals surface area contributed by atoms with Gasteiger partial charge in [0.15, 0.2) is 0 Å². The standard InChI is InChI=1S/C24H21ClN2O2S/c1-29-19-10-8-18(9-11-19)16-27(17-20-12-13-23(25)30-20)24(28)21-6-2-3-7-22(21)26-14-4-5-15-26/h2-15H,16-17H2,1H3. The lowest BCUT2D eigenvalue weighted by molar-refractivity contribution is 0.0732. The van der Waals surface area contributed by atoms with E-state index in [1.807, 2.05) is 94.7 Å². The molecule has 0 fully saturated rings. The third kappa shape index (κ3) is 4.58. The second kappa shape index (κ2) is 9.20. The Kier molecular flexibility index (Phi) is 6.21. The Morgan fingerprint density at radius 1 is 0.967 bits per heavy atom. The summed E-state index contributed by atoms with van der Waals surface area (Å²) >= 11 is 7.62. The molecule has 0 saturated carbocycles. The van der Waals surface area contributed by atoms with Crippen LogP contribution < -0.4 is 4.74 Å². The van der Waals surface area contributed by atoms with E-state index in [9.17, 15) is 4.79 Å². The average Bonchev–Trinajstić information content (AvgIpc) is 3.45. The van der Waals surface area contributed by atoms with Gasteiger partial charge in [0.25, 0.3) is 5.91 Å². The third-order valence-corrected chi connectivity index (χ3v) is 6.03. The van der Waals surface area contributed by atoms with E-state index >= 15 is 0 Å². The number of rotatable bonds is 7. The van der Waals surface area contributed by atoms with E-state index in [2.05, 4.69) is 0 Å². The molecule has 0 aliphatic rings. The average molecular weight is 437 g/mol. The summed E-state index contributed by atoms with van der Waals surface area (Å²) in [6, 6.07) is 23.2. The van der Waals surface area contributed by atoms with E-state index in [4.69, 9.17) is 16.3 Å². The minimum atomic E-state index is -0.0281. The van der Waals surface area contributed by atoms with Crippen molar-refractivity contribution in [3.05, 3.63) is 106 Å². The summed E-state index contributed by atoms with van der Waals surface area (Å²) in [5, 5.41) is 0. The molecule has 6 heteroatoms. The Morgan fingerprint density at radius 2 is 1.70 bits per heavy atom. The number of hydrogen-bond donors (Lipinski definition) is 0. The van der Waals surface area contributed by atoms with Crippen LogP contribution in [-0.4, -0.2) is 22.5 Å². The largest absolute Gasteiger partial charge is 0.497 e. The summed E-state index contributed by atoms with van der Waals surface area (Å²) in [5.74, 6) is 0.763. The van der Waals surface area contributed by atoms with Gasteiger partial charge >= 0.3 is 0 Å². The first kappa shape index (κ1) is 20.3. The highest BCUT2D eigenvalue weighted by Gasteiger charge is 2.21. The van der Waals surface area contributed by atoms with E-state index in [1.165, 1.54) is 11.3 Å². The first-order valence-electron chi connectivity index (χ1n) is 9.53. The monoisotopic (exact) mass is 436 g/mol. The van der Waals surface area contributed by atoms with Gasteiger partial charge in [0.05, 0.1) is 29.2 Å². The van der Waals surface area contributed by atoms with Crippen molar-refractivity contribution in [3.8, 4) is 11.4 Å². The molecule has 0 radical (unpaired) electrons. The van der Waals surface area contributed by atoms with Crippen LogP contribution >= 0.6 is 22.9 Å². The van der Waals surface area contributed by atoms with Gasteiger partial charge < -0.3 is 14.2 Å². The lowest BCUT2D eigenvalue weighted by atomic mass is 10.1. The minimum Gasteiger partial charge on any atom is -0.497 e. The first-order chi connectivity index (χ1) is 14.6. The van der Waals surface area contributed by atoms with Crippen LogP contribution in [0.25, 0.3) is 5.69 Å². The number of carbonyl (C=O) groups excluding carboxylic acids is 1. The smallest absolute Gasteiger partial charge is 0.256 e. The number of hydrogen-bond acceptors (Lipinski definition) is 3. The van der Waals surface area contributed by atoms with Crippen molar-refractivity contribution in [1.82, 2.24) is 9.47 Å². The number of thiophene rings is 1. The molecule has 152 valence electrons. The molecule has 0 unspecified atom stereocenters. The summed E-state index contributed by atoms with van der Waals surface area (Å²) in [7, 11) is 1.64. The number of amides is 1. The van der Waals surface area contributed by atoms with Gasteiger partial charge in [0, 0.05) is 23.8 Å². The molecule has 0 atom stereocenters. The molecule has 4 rings (SSSR count). The normalized spacial score (nSPS) is 10.7. The number of nitrogens with zero attached hydrogens (tertiary/aromatic N) is 2. The fraction of sp³-hybridized carbons (Fsp3) is 0.125. The zero-order valence-corrected chi connectivity index (χ0v) is 18.1. The van der Waals surface area contributed by atoms with E-state index in [0.717, 1.165) is 26.2 Å². The van der Waals surface area contributed by atoms with E-state index in [0.29, 0.717) is 18.7 Å². The number of methoxy groups -OCH3 is 1. The molecule has 4 aromatic rings. The van der Waals surface area contributed by atoms with Crippen LogP contribution in [0, 0.1) is 0 Å². The quantitative estimate of drug-likeness (QED) is 0.353. The zero-order chi connectivity index (χ0) is 20.9. The molecule has 2 heterocycles. The van der Waals surface area contributed by atoms with Gasteiger partial charge in [-0.25, -0.2) is 0 Å². The maximum atomic E-state index is 13.7. The molecular formula is C24H21ClN2O2S. The molecule has 0 saturated heterocycles. The van der Waals surface area contributed by atoms with Crippen LogP contribution in [-0.2, 0) is 13.1 Å². The summed E-state index contributed by atoms with van der Waals surface area (Å²) in [6.45, 7) is 0.973. The maximum absolute atomic E-state index is 13.7. The number of benzene rings is 2. The van der Waals surface area contributed by atoms with Gasteiger partial charge in [-0.05, 0) is 54.1 Å². The van der Waals surface area contributed by atoms with Crippen LogP contribution in [0.2, 0.25) is 4.34 Å². The van der Waals surface area contributed by atoms with Crippen molar-refractivity contribution in [2.45, 2.75) is 13.1 Å². The summed E-state index contributed by atoms with van der Waals surface area (Å²) < 4.78 is 7.93. The van der Waals surface area contributed by atoms with Crippen molar-refractivity contribution in [3.63, 3.8) is 0 Å². The van der Waals surface area contributed by atoms with Gasteiger partial charge in [-0.1, -0.05) is 35.9 Å². The predicted octanol–water partition coefficient (Wildman–Crippen LogP) is 6.04. The molecule has 0 aliphatic heterocycles. The predicted molar refractivity (Wildman–Crippen MR) is 122 cm³/mol. The van der Waals surface area contributed by atoms with E-state index in [-0.39, 0.29) is 5.91 Å². The number of para-hydroxylation sites is 1. The van der Waals surface area contributed by atoms with Gasteiger partial charge in [-0.2, -0.15) is 0 Å². The first-order valence-corrected chi connectivity index (χ1v) is 10.7. The number of halogens is 1. The molecule has 0 spiro atoms. The van der Waals surface area contributed by atoms with E-state index in [1.54, 1.807) is 7.11 Å². The molecule has 0 aliphatic carbocycles.